The van der Waals surface area contributed by atoms with Crippen molar-refractivity contribution in [1.29, 1.82) is 0 Å². The van der Waals surface area contributed by atoms with Crippen LogP contribution in [0.5, 0.6) is 0 Å². The highest BCUT2D eigenvalue weighted by Gasteiger charge is 2.32. The predicted molar refractivity (Wildman–Crippen MR) is 113 cm³/mol. The quantitative estimate of drug-likeness (QED) is 0.788. The molecule has 2 atom stereocenters. The van der Waals surface area contributed by atoms with E-state index in [1.54, 1.807) is 6.07 Å². The monoisotopic (exact) mass is 410 g/mol. The first-order valence-corrected chi connectivity index (χ1v) is 10.7. The normalized spacial score (nSPS) is 22.1. The van der Waals surface area contributed by atoms with Crippen LogP contribution in [0.25, 0.3) is 0 Å². The number of hydrogen-bond donors (Lipinski definition) is 2. The molecule has 4 rings (SSSR count). The van der Waals surface area contributed by atoms with Crippen LogP contribution < -0.4 is 11.1 Å². The standard InChI is InChI=1S/C23H30N4O3/c1-14-11-18(25-21(28)19-13-20(30-26-19)15-7-8-15)9-10-27(14)22(29)16-5-4-6-17(12-16)23(2,3)24/h4-6,12-15,18H,7-11,24H2,1-3H3,(H,25,28)/t14-,18+/m0/s1. The van der Waals surface area contributed by atoms with Crippen LogP contribution in [-0.4, -0.2) is 40.5 Å². The summed E-state index contributed by atoms with van der Waals surface area (Å²) in [5.41, 5.74) is 7.61. The van der Waals surface area contributed by atoms with Gasteiger partial charge in [-0.05, 0) is 64.2 Å². The summed E-state index contributed by atoms with van der Waals surface area (Å²) in [5.74, 6) is 1.03. The summed E-state index contributed by atoms with van der Waals surface area (Å²) in [6.45, 7) is 6.47. The van der Waals surface area contributed by atoms with Crippen molar-refractivity contribution in [3.05, 3.63) is 52.9 Å². The smallest absolute Gasteiger partial charge is 0.273 e. The maximum atomic E-state index is 13.1. The Bertz CT molecular complexity index is 942. The zero-order valence-electron chi connectivity index (χ0n) is 17.9. The number of nitrogens with zero attached hydrogens (tertiary/aromatic N) is 2. The average molecular weight is 411 g/mol. The van der Waals surface area contributed by atoms with Crippen LogP contribution in [-0.2, 0) is 5.54 Å². The Kier molecular flexibility index (Phi) is 5.40. The summed E-state index contributed by atoms with van der Waals surface area (Å²) in [5, 5.41) is 6.96. The van der Waals surface area contributed by atoms with E-state index in [4.69, 9.17) is 10.3 Å². The third-order valence-electron chi connectivity index (χ3n) is 6.07. The number of hydrogen-bond acceptors (Lipinski definition) is 5. The molecule has 2 aliphatic rings. The molecule has 2 heterocycles. The number of aromatic nitrogens is 1. The van der Waals surface area contributed by atoms with Gasteiger partial charge in [0.2, 0.25) is 0 Å². The molecule has 1 aromatic heterocycles. The second-order valence-electron chi connectivity index (χ2n) is 9.23. The zero-order valence-corrected chi connectivity index (χ0v) is 17.9. The highest BCUT2D eigenvalue weighted by molar-refractivity contribution is 5.95. The van der Waals surface area contributed by atoms with Crippen LogP contribution >= 0.6 is 0 Å². The maximum Gasteiger partial charge on any atom is 0.273 e. The summed E-state index contributed by atoms with van der Waals surface area (Å²) in [4.78, 5) is 27.5. The van der Waals surface area contributed by atoms with Gasteiger partial charge in [0.05, 0.1) is 0 Å². The minimum atomic E-state index is -0.500. The van der Waals surface area contributed by atoms with E-state index < -0.39 is 5.54 Å². The molecule has 1 saturated carbocycles. The molecule has 1 aromatic carbocycles. The number of amides is 2. The molecule has 7 nitrogen and oxygen atoms in total. The van der Waals surface area contributed by atoms with Crippen molar-refractivity contribution in [3.8, 4) is 0 Å². The molecule has 1 aliphatic heterocycles. The summed E-state index contributed by atoms with van der Waals surface area (Å²) < 4.78 is 5.28. The van der Waals surface area contributed by atoms with Gasteiger partial charge in [-0.2, -0.15) is 0 Å². The number of nitrogens with two attached hydrogens (primary N) is 1. The van der Waals surface area contributed by atoms with Crippen LogP contribution in [0.3, 0.4) is 0 Å². The molecule has 0 spiro atoms. The van der Waals surface area contributed by atoms with Crippen LogP contribution in [0.4, 0.5) is 0 Å². The van der Waals surface area contributed by atoms with Crippen molar-refractivity contribution >= 4 is 11.8 Å². The van der Waals surface area contributed by atoms with Gasteiger partial charge in [-0.1, -0.05) is 17.3 Å². The Morgan fingerprint density at radius 1 is 1.23 bits per heavy atom. The predicted octanol–water partition coefficient (Wildman–Crippen LogP) is 3.17. The third kappa shape index (κ3) is 4.41. The van der Waals surface area contributed by atoms with E-state index in [2.05, 4.69) is 10.5 Å². The summed E-state index contributed by atoms with van der Waals surface area (Å²) in [7, 11) is 0. The van der Waals surface area contributed by atoms with Gasteiger partial charge in [0.1, 0.15) is 5.76 Å². The first-order valence-electron chi connectivity index (χ1n) is 10.7. The molecule has 2 fully saturated rings. The lowest BCUT2D eigenvalue weighted by atomic mass is 9.93. The van der Waals surface area contributed by atoms with E-state index in [0.717, 1.165) is 24.2 Å². The van der Waals surface area contributed by atoms with Gasteiger partial charge < -0.3 is 20.5 Å². The lowest BCUT2D eigenvalue weighted by Crippen LogP contribution is -2.51. The molecular formula is C23H30N4O3. The van der Waals surface area contributed by atoms with E-state index in [0.29, 0.717) is 36.6 Å². The number of nitrogens with one attached hydrogen (secondary N) is 1. The lowest BCUT2D eigenvalue weighted by molar-refractivity contribution is 0.0595. The molecule has 1 aliphatic carbocycles. The van der Waals surface area contributed by atoms with Gasteiger partial charge in [0.25, 0.3) is 11.8 Å². The number of likely N-dealkylation sites (tertiary alicyclic amines) is 1. The van der Waals surface area contributed by atoms with Crippen molar-refractivity contribution < 1.29 is 14.1 Å². The Morgan fingerprint density at radius 3 is 2.67 bits per heavy atom. The number of piperidine rings is 1. The molecule has 30 heavy (non-hydrogen) atoms. The van der Waals surface area contributed by atoms with Crippen LogP contribution in [0.1, 0.15) is 84.5 Å². The molecule has 2 amide bonds. The number of carbonyl (C=O) groups excluding carboxylic acids is 2. The van der Waals surface area contributed by atoms with Gasteiger partial charge >= 0.3 is 0 Å². The van der Waals surface area contributed by atoms with Crippen LogP contribution in [0, 0.1) is 0 Å². The maximum absolute atomic E-state index is 13.1. The first-order chi connectivity index (χ1) is 14.2. The fraction of sp³-hybridized carbons (Fsp3) is 0.522. The fourth-order valence-electron chi connectivity index (χ4n) is 4.04. The summed E-state index contributed by atoms with van der Waals surface area (Å²) in [6.07, 6.45) is 3.61. The Morgan fingerprint density at radius 2 is 2.00 bits per heavy atom. The molecule has 7 heteroatoms. The van der Waals surface area contributed by atoms with Crippen LogP contribution in [0.2, 0.25) is 0 Å². The van der Waals surface area contributed by atoms with Crippen molar-refractivity contribution in [1.82, 2.24) is 15.4 Å². The molecule has 160 valence electrons. The first kappa shape index (κ1) is 20.6. The van der Waals surface area contributed by atoms with Gasteiger partial charge in [0, 0.05) is 41.7 Å². The highest BCUT2D eigenvalue weighted by Crippen LogP contribution is 2.40. The Balaban J connectivity index is 1.36. The van der Waals surface area contributed by atoms with Crippen molar-refractivity contribution in [2.75, 3.05) is 6.54 Å². The highest BCUT2D eigenvalue weighted by atomic mass is 16.5. The molecular weight excluding hydrogens is 380 g/mol. The topological polar surface area (TPSA) is 101 Å². The van der Waals surface area contributed by atoms with E-state index in [1.165, 1.54) is 0 Å². The van der Waals surface area contributed by atoms with Gasteiger partial charge in [-0.15, -0.1) is 0 Å². The summed E-state index contributed by atoms with van der Waals surface area (Å²) >= 11 is 0. The number of benzene rings is 1. The van der Waals surface area contributed by atoms with E-state index in [-0.39, 0.29) is 23.9 Å². The molecule has 0 radical (unpaired) electrons. The van der Waals surface area contributed by atoms with E-state index in [1.807, 2.05) is 49.9 Å². The molecule has 0 bridgehead atoms. The lowest BCUT2D eigenvalue weighted by Gasteiger charge is -2.38. The van der Waals surface area contributed by atoms with Gasteiger partial charge in [-0.25, -0.2) is 0 Å². The van der Waals surface area contributed by atoms with E-state index in [9.17, 15) is 9.59 Å². The van der Waals surface area contributed by atoms with Crippen molar-refractivity contribution in [2.24, 2.45) is 5.73 Å². The minimum absolute atomic E-state index is 0.00366. The van der Waals surface area contributed by atoms with Gasteiger partial charge in [0.15, 0.2) is 5.69 Å². The largest absolute Gasteiger partial charge is 0.360 e. The van der Waals surface area contributed by atoms with E-state index >= 15 is 0 Å². The number of rotatable bonds is 5. The fourth-order valence-corrected chi connectivity index (χ4v) is 4.04. The molecule has 1 saturated heterocycles. The van der Waals surface area contributed by atoms with Crippen molar-refractivity contribution in [2.45, 2.75) is 70.0 Å². The molecule has 2 aromatic rings. The second-order valence-corrected chi connectivity index (χ2v) is 9.23. The van der Waals surface area contributed by atoms with Crippen molar-refractivity contribution in [3.63, 3.8) is 0 Å². The SMILES string of the molecule is C[C@H]1C[C@H](NC(=O)c2cc(C3CC3)on2)CCN1C(=O)c1cccc(C(C)(C)N)c1. The second kappa shape index (κ2) is 7.87. The average Bonchev–Trinajstić information content (AvgIpc) is 3.43. The van der Waals surface area contributed by atoms with Crippen LogP contribution in [0.15, 0.2) is 34.9 Å². The summed E-state index contributed by atoms with van der Waals surface area (Å²) in [6, 6.07) is 9.31. The minimum Gasteiger partial charge on any atom is -0.360 e. The molecule has 0 unspecified atom stereocenters. The molecule has 3 N–H and O–H groups in total. The number of carbonyl (C=O) groups is 2. The Hall–Kier alpha value is -2.67. The third-order valence-corrected chi connectivity index (χ3v) is 6.07. The Labute approximate surface area is 177 Å². The zero-order chi connectivity index (χ0) is 21.5. The van der Waals surface area contributed by atoms with Gasteiger partial charge in [-0.3, -0.25) is 9.59 Å².